The Labute approximate surface area is 181 Å². The smallest absolute Gasteiger partial charge is 0.250 e. The number of amides is 1. The fourth-order valence-electron chi connectivity index (χ4n) is 2.37. The van der Waals surface area contributed by atoms with Crippen LogP contribution in [0.1, 0.15) is 5.56 Å². The van der Waals surface area contributed by atoms with Gasteiger partial charge in [0.25, 0.3) is 0 Å². The molecule has 0 saturated carbocycles. The molecule has 0 aliphatic carbocycles. The molecule has 0 aliphatic heterocycles. The van der Waals surface area contributed by atoms with E-state index in [1.165, 1.54) is 39.4 Å². The van der Waals surface area contributed by atoms with Gasteiger partial charge >= 0.3 is 0 Å². The van der Waals surface area contributed by atoms with Crippen LogP contribution in [0.2, 0.25) is 0 Å². The summed E-state index contributed by atoms with van der Waals surface area (Å²) in [6.07, 6.45) is 2.95. The van der Waals surface area contributed by atoms with E-state index >= 15 is 0 Å². The minimum atomic E-state index is -3.51. The van der Waals surface area contributed by atoms with Crippen LogP contribution in [0, 0.1) is 0 Å². The molecule has 0 unspecified atom stereocenters. The molecule has 0 aliphatic rings. The van der Waals surface area contributed by atoms with Crippen LogP contribution in [0.3, 0.4) is 0 Å². The Morgan fingerprint density at radius 1 is 1.03 bits per heavy atom. The number of thiocarbonyl (C=S) groups is 1. The summed E-state index contributed by atoms with van der Waals surface area (Å²) < 4.78 is 35.7. The lowest BCUT2D eigenvalue weighted by Gasteiger charge is -2.12. The third-order valence-corrected chi connectivity index (χ3v) is 6.00. The number of carbonyl (C=O) groups excluding carboxylic acids is 1. The molecular formula is C20H23N3O5S2. The molecule has 0 atom stereocenters. The van der Waals surface area contributed by atoms with Crippen molar-refractivity contribution in [1.82, 2.24) is 9.62 Å². The lowest BCUT2D eigenvalue weighted by molar-refractivity contribution is -0.115. The molecule has 0 spiro atoms. The zero-order valence-corrected chi connectivity index (χ0v) is 18.6. The van der Waals surface area contributed by atoms with Gasteiger partial charge in [0.1, 0.15) is 0 Å². The van der Waals surface area contributed by atoms with Gasteiger partial charge in [0.15, 0.2) is 16.6 Å². The highest BCUT2D eigenvalue weighted by Crippen LogP contribution is 2.27. The standard InChI is InChI=1S/C20H23N3O5S2/c1-23(2)30(25,26)16-9-7-15(8-10-16)21-20(29)22-19(24)12-6-14-5-11-17(27-3)18(13-14)28-4/h5-13H,1-4H3,(H2,21,22,24,29)/b12-6+. The molecule has 160 valence electrons. The summed E-state index contributed by atoms with van der Waals surface area (Å²) in [5.41, 5.74) is 1.29. The topological polar surface area (TPSA) is 97.0 Å². The number of ether oxygens (including phenoxy) is 2. The molecule has 30 heavy (non-hydrogen) atoms. The summed E-state index contributed by atoms with van der Waals surface area (Å²) in [5.74, 6) is 0.722. The molecule has 0 bridgehead atoms. The summed E-state index contributed by atoms with van der Waals surface area (Å²) in [6, 6.07) is 11.3. The third-order valence-electron chi connectivity index (χ3n) is 3.96. The van der Waals surface area contributed by atoms with Gasteiger partial charge in [-0.15, -0.1) is 0 Å². The van der Waals surface area contributed by atoms with Crippen molar-refractivity contribution in [3.05, 3.63) is 54.1 Å². The van der Waals surface area contributed by atoms with E-state index in [4.69, 9.17) is 21.7 Å². The van der Waals surface area contributed by atoms with Crippen molar-refractivity contribution in [2.75, 3.05) is 33.6 Å². The van der Waals surface area contributed by atoms with Gasteiger partial charge in [0.05, 0.1) is 19.1 Å². The zero-order chi connectivity index (χ0) is 22.3. The molecule has 0 radical (unpaired) electrons. The fourth-order valence-corrected chi connectivity index (χ4v) is 3.49. The molecular weight excluding hydrogens is 426 g/mol. The van der Waals surface area contributed by atoms with E-state index in [0.717, 1.165) is 9.87 Å². The monoisotopic (exact) mass is 449 g/mol. The molecule has 2 aromatic rings. The maximum Gasteiger partial charge on any atom is 0.250 e. The highest BCUT2D eigenvalue weighted by Gasteiger charge is 2.16. The average Bonchev–Trinajstić information content (AvgIpc) is 2.72. The largest absolute Gasteiger partial charge is 0.493 e. The molecule has 1 amide bonds. The highest BCUT2D eigenvalue weighted by atomic mass is 32.2. The van der Waals surface area contributed by atoms with Crippen molar-refractivity contribution in [3.8, 4) is 11.5 Å². The quantitative estimate of drug-likeness (QED) is 0.495. The van der Waals surface area contributed by atoms with Crippen molar-refractivity contribution in [1.29, 1.82) is 0 Å². The molecule has 8 nitrogen and oxygen atoms in total. The van der Waals surface area contributed by atoms with Crippen LogP contribution >= 0.6 is 12.2 Å². The van der Waals surface area contributed by atoms with Crippen molar-refractivity contribution < 1.29 is 22.7 Å². The van der Waals surface area contributed by atoms with Crippen LogP contribution in [0.15, 0.2) is 53.4 Å². The van der Waals surface area contributed by atoms with Crippen LogP contribution in [0.25, 0.3) is 6.08 Å². The van der Waals surface area contributed by atoms with Crippen LogP contribution in [-0.2, 0) is 14.8 Å². The predicted octanol–water partition coefficient (Wildman–Crippen LogP) is 2.48. The van der Waals surface area contributed by atoms with Crippen molar-refractivity contribution >= 4 is 45.0 Å². The van der Waals surface area contributed by atoms with E-state index in [1.54, 1.807) is 43.5 Å². The Morgan fingerprint density at radius 2 is 1.67 bits per heavy atom. The molecule has 0 fully saturated rings. The molecule has 2 N–H and O–H groups in total. The number of anilines is 1. The van der Waals surface area contributed by atoms with E-state index in [9.17, 15) is 13.2 Å². The van der Waals surface area contributed by atoms with E-state index in [1.807, 2.05) is 0 Å². The molecule has 2 aromatic carbocycles. The second kappa shape index (κ2) is 10.2. The molecule has 10 heteroatoms. The highest BCUT2D eigenvalue weighted by molar-refractivity contribution is 7.89. The van der Waals surface area contributed by atoms with Gasteiger partial charge in [-0.25, -0.2) is 12.7 Å². The molecule has 0 aromatic heterocycles. The summed E-state index contributed by atoms with van der Waals surface area (Å²) >= 11 is 5.12. The minimum Gasteiger partial charge on any atom is -0.493 e. The Bertz CT molecular complexity index is 1050. The van der Waals surface area contributed by atoms with E-state index < -0.39 is 15.9 Å². The summed E-state index contributed by atoms with van der Waals surface area (Å²) in [7, 11) is 2.49. The Hall–Kier alpha value is -2.95. The molecule has 2 rings (SSSR count). The Balaban J connectivity index is 1.96. The number of nitrogens with one attached hydrogen (secondary N) is 2. The lowest BCUT2D eigenvalue weighted by Crippen LogP contribution is -2.32. The minimum absolute atomic E-state index is 0.0835. The number of carbonyl (C=O) groups is 1. The van der Waals surface area contributed by atoms with Crippen molar-refractivity contribution in [2.45, 2.75) is 4.90 Å². The van der Waals surface area contributed by atoms with Crippen molar-refractivity contribution in [2.24, 2.45) is 0 Å². The zero-order valence-electron chi connectivity index (χ0n) is 17.0. The fraction of sp³-hybridized carbons (Fsp3) is 0.200. The van der Waals surface area contributed by atoms with E-state index in [-0.39, 0.29) is 10.0 Å². The summed E-state index contributed by atoms with van der Waals surface area (Å²) in [6.45, 7) is 0. The second-order valence-electron chi connectivity index (χ2n) is 6.20. The van der Waals surface area contributed by atoms with Crippen LogP contribution < -0.4 is 20.1 Å². The number of sulfonamides is 1. The Kier molecular flexibility index (Phi) is 7.93. The second-order valence-corrected chi connectivity index (χ2v) is 8.76. The average molecular weight is 450 g/mol. The third kappa shape index (κ3) is 6.02. The maximum absolute atomic E-state index is 12.1. The van der Waals surface area contributed by atoms with Gasteiger partial charge in [-0.05, 0) is 60.3 Å². The molecule has 0 saturated heterocycles. The van der Waals surface area contributed by atoms with Gasteiger partial charge in [-0.1, -0.05) is 6.07 Å². The lowest BCUT2D eigenvalue weighted by atomic mass is 10.2. The maximum atomic E-state index is 12.1. The van der Waals surface area contributed by atoms with Gasteiger partial charge in [-0.2, -0.15) is 0 Å². The van der Waals surface area contributed by atoms with Gasteiger partial charge in [0.2, 0.25) is 15.9 Å². The number of hydrogen-bond donors (Lipinski definition) is 2. The van der Waals surface area contributed by atoms with E-state index in [0.29, 0.717) is 17.2 Å². The van der Waals surface area contributed by atoms with E-state index in [2.05, 4.69) is 10.6 Å². The number of rotatable bonds is 7. The Morgan fingerprint density at radius 3 is 2.23 bits per heavy atom. The first kappa shape index (κ1) is 23.3. The molecule has 0 heterocycles. The number of nitrogens with zero attached hydrogens (tertiary/aromatic N) is 1. The van der Waals surface area contributed by atoms with Gasteiger partial charge < -0.3 is 14.8 Å². The first-order chi connectivity index (χ1) is 14.2. The summed E-state index contributed by atoms with van der Waals surface area (Å²) in [4.78, 5) is 12.2. The van der Waals surface area contributed by atoms with Gasteiger partial charge in [0, 0.05) is 25.9 Å². The van der Waals surface area contributed by atoms with Gasteiger partial charge in [-0.3, -0.25) is 10.1 Å². The van der Waals surface area contributed by atoms with Crippen LogP contribution in [-0.4, -0.2) is 52.1 Å². The first-order valence-electron chi connectivity index (χ1n) is 8.72. The summed E-state index contributed by atoms with van der Waals surface area (Å²) in [5, 5.41) is 5.44. The first-order valence-corrected chi connectivity index (χ1v) is 10.6. The number of methoxy groups -OCH3 is 2. The normalized spacial score (nSPS) is 11.4. The SMILES string of the molecule is COc1ccc(/C=C/C(=O)NC(=S)Nc2ccc(S(=O)(=O)N(C)C)cc2)cc1OC. The van der Waals surface area contributed by atoms with Crippen LogP contribution in [0.5, 0.6) is 11.5 Å². The van der Waals surface area contributed by atoms with Crippen LogP contribution in [0.4, 0.5) is 5.69 Å². The number of hydrogen-bond acceptors (Lipinski definition) is 6. The predicted molar refractivity (Wildman–Crippen MR) is 120 cm³/mol. The number of benzene rings is 2. The van der Waals surface area contributed by atoms with Crippen molar-refractivity contribution in [3.63, 3.8) is 0 Å².